The zero-order chi connectivity index (χ0) is 23.6. The monoisotopic (exact) mass is 472 g/mol. The lowest BCUT2D eigenvalue weighted by atomic mass is 10.1. The molecule has 1 fully saturated rings. The standard InChI is InChI=1S/C26H33FN2O3S/c1-3-24(26(31)28-22-6-4-5-7-22)29(16-19-10-14-23(32-2)15-11-19)25(30)18-33-17-20-8-12-21(27)13-9-20/h8-15,22,24H,3-7,16-18H2,1-2H3,(H,28,31). The Morgan fingerprint density at radius 3 is 2.33 bits per heavy atom. The van der Waals surface area contributed by atoms with Crippen LogP contribution in [0.3, 0.4) is 0 Å². The van der Waals surface area contributed by atoms with Crippen LogP contribution in [0.2, 0.25) is 0 Å². The minimum absolute atomic E-state index is 0.0743. The summed E-state index contributed by atoms with van der Waals surface area (Å²) in [7, 11) is 1.61. The quantitative estimate of drug-likeness (QED) is 0.504. The Morgan fingerprint density at radius 1 is 1.09 bits per heavy atom. The van der Waals surface area contributed by atoms with Gasteiger partial charge in [0.05, 0.1) is 12.9 Å². The lowest BCUT2D eigenvalue weighted by molar-refractivity contribution is -0.139. The topological polar surface area (TPSA) is 58.6 Å². The predicted molar refractivity (Wildman–Crippen MR) is 131 cm³/mol. The van der Waals surface area contributed by atoms with E-state index in [1.54, 1.807) is 24.1 Å². The Kier molecular flexibility index (Phi) is 9.61. The summed E-state index contributed by atoms with van der Waals surface area (Å²) in [6, 6.07) is 13.6. The highest BCUT2D eigenvalue weighted by atomic mass is 32.2. The zero-order valence-corrected chi connectivity index (χ0v) is 20.2. The first-order valence-electron chi connectivity index (χ1n) is 11.5. The van der Waals surface area contributed by atoms with E-state index in [1.807, 2.05) is 31.2 Å². The Labute approximate surface area is 200 Å². The van der Waals surface area contributed by atoms with E-state index in [0.29, 0.717) is 18.7 Å². The van der Waals surface area contributed by atoms with E-state index in [9.17, 15) is 14.0 Å². The summed E-state index contributed by atoms with van der Waals surface area (Å²) < 4.78 is 18.4. The molecule has 0 saturated heterocycles. The SMILES string of the molecule is CCC(C(=O)NC1CCCC1)N(Cc1ccc(OC)cc1)C(=O)CSCc1ccc(F)cc1. The summed E-state index contributed by atoms with van der Waals surface area (Å²) in [5.41, 5.74) is 1.90. The average molecular weight is 473 g/mol. The summed E-state index contributed by atoms with van der Waals surface area (Å²) in [4.78, 5) is 28.1. The van der Waals surface area contributed by atoms with Gasteiger partial charge in [-0.25, -0.2) is 4.39 Å². The number of carbonyl (C=O) groups is 2. The smallest absolute Gasteiger partial charge is 0.243 e. The Bertz CT molecular complexity index is 899. The van der Waals surface area contributed by atoms with Crippen LogP contribution in [0.25, 0.3) is 0 Å². The maximum atomic E-state index is 13.3. The molecule has 0 bridgehead atoms. The molecule has 2 aromatic rings. The Morgan fingerprint density at radius 2 is 1.73 bits per heavy atom. The highest BCUT2D eigenvalue weighted by molar-refractivity contribution is 7.99. The van der Waals surface area contributed by atoms with Crippen molar-refractivity contribution in [2.45, 2.75) is 63.4 Å². The van der Waals surface area contributed by atoms with Gasteiger partial charge in [0.25, 0.3) is 0 Å². The van der Waals surface area contributed by atoms with Crippen LogP contribution in [-0.2, 0) is 21.9 Å². The average Bonchev–Trinajstić information content (AvgIpc) is 3.33. The highest BCUT2D eigenvalue weighted by Gasteiger charge is 2.30. The van der Waals surface area contributed by atoms with Crippen molar-refractivity contribution < 1.29 is 18.7 Å². The zero-order valence-electron chi connectivity index (χ0n) is 19.4. The van der Waals surface area contributed by atoms with Crippen molar-refractivity contribution >= 4 is 23.6 Å². The number of thioether (sulfide) groups is 1. The van der Waals surface area contributed by atoms with Crippen molar-refractivity contribution in [2.24, 2.45) is 0 Å². The second-order valence-corrected chi connectivity index (χ2v) is 9.39. The van der Waals surface area contributed by atoms with Gasteiger partial charge >= 0.3 is 0 Å². The molecule has 0 aromatic heterocycles. The van der Waals surface area contributed by atoms with Crippen molar-refractivity contribution in [3.05, 3.63) is 65.5 Å². The molecule has 3 rings (SSSR count). The summed E-state index contributed by atoms with van der Waals surface area (Å²) in [6.45, 7) is 2.30. The van der Waals surface area contributed by atoms with Crippen LogP contribution >= 0.6 is 11.8 Å². The first-order valence-corrected chi connectivity index (χ1v) is 12.7. The van der Waals surface area contributed by atoms with E-state index in [1.165, 1.54) is 23.9 Å². The van der Waals surface area contributed by atoms with Crippen molar-refractivity contribution in [3.63, 3.8) is 0 Å². The minimum atomic E-state index is -0.522. The van der Waals surface area contributed by atoms with Crippen LogP contribution in [0.15, 0.2) is 48.5 Å². The molecule has 178 valence electrons. The number of ether oxygens (including phenoxy) is 1. The lowest BCUT2D eigenvalue weighted by Crippen LogP contribution is -2.51. The largest absolute Gasteiger partial charge is 0.497 e. The van der Waals surface area contributed by atoms with Crippen molar-refractivity contribution in [3.8, 4) is 5.75 Å². The van der Waals surface area contributed by atoms with Gasteiger partial charge in [-0.1, -0.05) is 44.0 Å². The van der Waals surface area contributed by atoms with E-state index in [0.717, 1.165) is 42.6 Å². The van der Waals surface area contributed by atoms with Gasteiger partial charge in [0.1, 0.15) is 17.6 Å². The van der Waals surface area contributed by atoms with Gasteiger partial charge in [0.15, 0.2) is 0 Å². The van der Waals surface area contributed by atoms with Crippen LogP contribution in [-0.4, -0.2) is 41.7 Å². The van der Waals surface area contributed by atoms with E-state index in [2.05, 4.69) is 5.32 Å². The van der Waals surface area contributed by atoms with Crippen molar-refractivity contribution in [1.29, 1.82) is 0 Å². The molecule has 0 radical (unpaired) electrons. The van der Waals surface area contributed by atoms with E-state index in [-0.39, 0.29) is 29.4 Å². The number of nitrogens with zero attached hydrogens (tertiary/aromatic N) is 1. The maximum absolute atomic E-state index is 13.3. The highest BCUT2D eigenvalue weighted by Crippen LogP contribution is 2.21. The molecular formula is C26H33FN2O3S. The third-order valence-corrected chi connectivity index (χ3v) is 7.00. The van der Waals surface area contributed by atoms with Gasteiger partial charge < -0.3 is 15.0 Å². The van der Waals surface area contributed by atoms with Crippen molar-refractivity contribution in [1.82, 2.24) is 10.2 Å². The van der Waals surface area contributed by atoms with Crippen molar-refractivity contribution in [2.75, 3.05) is 12.9 Å². The molecule has 1 saturated carbocycles. The molecule has 0 spiro atoms. The minimum Gasteiger partial charge on any atom is -0.497 e. The van der Waals surface area contributed by atoms with Gasteiger partial charge in [0, 0.05) is 18.3 Å². The third kappa shape index (κ3) is 7.49. The predicted octanol–water partition coefficient (Wildman–Crippen LogP) is 4.93. The summed E-state index contributed by atoms with van der Waals surface area (Å²) in [5, 5.41) is 3.16. The number of benzene rings is 2. The number of amides is 2. The van der Waals surface area contributed by atoms with Crippen LogP contribution in [0.4, 0.5) is 4.39 Å². The number of halogens is 1. The number of hydrogen-bond acceptors (Lipinski definition) is 4. The molecule has 5 nitrogen and oxygen atoms in total. The van der Waals surface area contributed by atoms with Crippen LogP contribution in [0, 0.1) is 5.82 Å². The molecule has 0 aliphatic heterocycles. The molecule has 33 heavy (non-hydrogen) atoms. The molecule has 1 unspecified atom stereocenters. The van der Waals surface area contributed by atoms with Gasteiger partial charge in [-0.05, 0) is 54.7 Å². The Balaban J connectivity index is 1.69. The first kappa shape index (κ1) is 25.1. The molecular weight excluding hydrogens is 439 g/mol. The second-order valence-electron chi connectivity index (χ2n) is 8.40. The number of methoxy groups -OCH3 is 1. The van der Waals surface area contributed by atoms with Gasteiger partial charge in [-0.15, -0.1) is 11.8 Å². The maximum Gasteiger partial charge on any atom is 0.243 e. The molecule has 1 atom stereocenters. The molecule has 1 N–H and O–H groups in total. The molecule has 7 heteroatoms. The first-order chi connectivity index (χ1) is 16.0. The fraction of sp³-hybridized carbons (Fsp3) is 0.462. The normalized spacial score (nSPS) is 14.6. The summed E-state index contributed by atoms with van der Waals surface area (Å²) in [6.07, 6.45) is 4.82. The lowest BCUT2D eigenvalue weighted by Gasteiger charge is -2.31. The fourth-order valence-corrected chi connectivity index (χ4v) is 5.01. The summed E-state index contributed by atoms with van der Waals surface area (Å²) >= 11 is 1.47. The number of nitrogens with one attached hydrogen (secondary N) is 1. The second kappa shape index (κ2) is 12.6. The molecule has 2 aromatic carbocycles. The Hall–Kier alpha value is -2.54. The van der Waals surface area contributed by atoms with Crippen LogP contribution in [0.1, 0.15) is 50.2 Å². The van der Waals surface area contributed by atoms with Crippen LogP contribution < -0.4 is 10.1 Å². The van der Waals surface area contributed by atoms with Gasteiger partial charge in [-0.2, -0.15) is 0 Å². The van der Waals surface area contributed by atoms with E-state index >= 15 is 0 Å². The molecule has 2 amide bonds. The number of hydrogen-bond donors (Lipinski definition) is 1. The molecule has 1 aliphatic carbocycles. The fourth-order valence-electron chi connectivity index (χ4n) is 4.13. The van der Waals surface area contributed by atoms with Crippen LogP contribution in [0.5, 0.6) is 5.75 Å². The van der Waals surface area contributed by atoms with E-state index < -0.39 is 6.04 Å². The van der Waals surface area contributed by atoms with Gasteiger partial charge in [-0.3, -0.25) is 9.59 Å². The number of rotatable bonds is 11. The van der Waals surface area contributed by atoms with Gasteiger partial charge in [0.2, 0.25) is 11.8 Å². The number of carbonyl (C=O) groups excluding carboxylic acids is 2. The van der Waals surface area contributed by atoms with E-state index in [4.69, 9.17) is 4.74 Å². The summed E-state index contributed by atoms with van der Waals surface area (Å²) in [5.74, 6) is 1.18. The third-order valence-electron chi connectivity index (χ3n) is 6.01. The molecule has 0 heterocycles. The molecule has 1 aliphatic rings.